The second-order valence-electron chi connectivity index (χ2n) is 4.71. The lowest BCUT2D eigenvalue weighted by molar-refractivity contribution is -0.124. The van der Waals surface area contributed by atoms with Gasteiger partial charge >= 0.3 is 0 Å². The number of anilines is 1. The van der Waals surface area contributed by atoms with Gasteiger partial charge in [0.25, 0.3) is 0 Å². The number of allylic oxidation sites excluding steroid dienone is 2. The molecule has 0 saturated heterocycles. The van der Waals surface area contributed by atoms with E-state index in [9.17, 15) is 9.50 Å². The fraction of sp³-hybridized carbons (Fsp3) is 0.308. The number of nitrogen functional groups attached to an aromatic ring is 1. The maximum Gasteiger partial charge on any atom is 0.199 e. The average Bonchev–Trinajstić information content (AvgIpc) is 2.31. The smallest absolute Gasteiger partial charge is 0.199 e. The summed E-state index contributed by atoms with van der Waals surface area (Å²) in [5.41, 5.74) is 8.75. The molecule has 0 saturated carbocycles. The average molecular weight is 264 g/mol. The molecular weight excluding hydrogens is 247 g/mol. The Bertz CT molecular complexity index is 566. The summed E-state index contributed by atoms with van der Waals surface area (Å²) in [6.45, 7) is 5.15. The van der Waals surface area contributed by atoms with Gasteiger partial charge in [-0.05, 0) is 32.9 Å². The van der Waals surface area contributed by atoms with Crippen molar-refractivity contribution in [1.29, 1.82) is 0 Å². The summed E-state index contributed by atoms with van der Waals surface area (Å²) in [6, 6.07) is 4.32. The minimum absolute atomic E-state index is 0.0886. The number of benzene rings is 1. The highest BCUT2D eigenvalue weighted by Gasteiger charge is 2.35. The van der Waals surface area contributed by atoms with E-state index < -0.39 is 11.5 Å². The summed E-state index contributed by atoms with van der Waals surface area (Å²) < 4.78 is 13.5. The molecule has 1 aromatic carbocycles. The summed E-state index contributed by atoms with van der Waals surface area (Å²) in [6.07, 6.45) is 1.83. The van der Waals surface area contributed by atoms with Gasteiger partial charge < -0.3 is 10.8 Å². The molecule has 1 unspecified atom stereocenters. The number of nitrogens with one attached hydrogen (secondary N) is 1. The number of hydrogen-bond donors (Lipinski definition) is 3. The molecular formula is C13H17FN4O. The van der Waals surface area contributed by atoms with E-state index >= 15 is 0 Å². The fourth-order valence-electron chi connectivity index (χ4n) is 1.99. The third kappa shape index (κ3) is 2.39. The first-order chi connectivity index (χ1) is 8.82. The first-order valence-corrected chi connectivity index (χ1v) is 5.89. The lowest BCUT2D eigenvalue weighted by Crippen LogP contribution is -2.50. The number of hydrogen-bond acceptors (Lipinski definition) is 5. The van der Waals surface area contributed by atoms with Crippen LogP contribution in [0, 0.1) is 5.82 Å². The van der Waals surface area contributed by atoms with Gasteiger partial charge in [-0.25, -0.2) is 4.39 Å². The lowest BCUT2D eigenvalue weighted by Gasteiger charge is -2.38. The number of rotatable bonds is 2. The highest BCUT2D eigenvalue weighted by atomic mass is 19.1. The van der Waals surface area contributed by atoms with E-state index in [1.165, 1.54) is 24.2 Å². The Hall–Kier alpha value is -2.08. The number of hydrazine groups is 1. The van der Waals surface area contributed by atoms with Crippen LogP contribution in [0.5, 0.6) is 0 Å². The van der Waals surface area contributed by atoms with Crippen molar-refractivity contribution in [3.8, 4) is 0 Å². The second-order valence-corrected chi connectivity index (χ2v) is 4.71. The summed E-state index contributed by atoms with van der Waals surface area (Å²) in [7, 11) is 0. The Morgan fingerprint density at radius 1 is 1.42 bits per heavy atom. The molecule has 1 heterocycles. The van der Waals surface area contributed by atoms with Crippen molar-refractivity contribution in [2.24, 2.45) is 5.10 Å². The van der Waals surface area contributed by atoms with Crippen LogP contribution in [0.3, 0.4) is 0 Å². The zero-order valence-corrected chi connectivity index (χ0v) is 11.1. The topological polar surface area (TPSA) is 73.9 Å². The normalized spacial score (nSPS) is 18.3. The van der Waals surface area contributed by atoms with Crippen molar-refractivity contribution in [3.05, 3.63) is 41.4 Å². The van der Waals surface area contributed by atoms with Gasteiger partial charge in [0, 0.05) is 11.3 Å². The molecule has 2 rings (SSSR count). The van der Waals surface area contributed by atoms with Crippen molar-refractivity contribution in [3.63, 3.8) is 0 Å². The second kappa shape index (κ2) is 4.55. The number of nitrogens with two attached hydrogens (primary N) is 1. The minimum atomic E-state index is -1.57. The Labute approximate surface area is 111 Å². The number of nitrogens with zero attached hydrogens (tertiary/aromatic N) is 2. The summed E-state index contributed by atoms with van der Waals surface area (Å²) in [4.78, 5) is 0. The van der Waals surface area contributed by atoms with Crippen LogP contribution in [0.4, 0.5) is 10.1 Å². The van der Waals surface area contributed by atoms with Crippen molar-refractivity contribution < 1.29 is 9.50 Å². The van der Waals surface area contributed by atoms with Gasteiger partial charge in [0.15, 0.2) is 5.72 Å². The van der Waals surface area contributed by atoms with Gasteiger partial charge in [0.2, 0.25) is 0 Å². The molecule has 0 fully saturated rings. The zero-order valence-electron chi connectivity index (χ0n) is 11.1. The summed E-state index contributed by atoms with van der Waals surface area (Å²) >= 11 is 0. The molecule has 0 bridgehead atoms. The van der Waals surface area contributed by atoms with Crippen LogP contribution in [0.1, 0.15) is 26.3 Å². The third-order valence-corrected chi connectivity index (χ3v) is 2.94. The molecule has 0 aromatic heterocycles. The molecule has 6 heteroatoms. The van der Waals surface area contributed by atoms with Gasteiger partial charge in [-0.2, -0.15) is 10.2 Å². The van der Waals surface area contributed by atoms with Crippen LogP contribution in [0.2, 0.25) is 0 Å². The van der Waals surface area contributed by atoms with Crippen LogP contribution in [0.25, 0.3) is 0 Å². The molecule has 102 valence electrons. The predicted molar refractivity (Wildman–Crippen MR) is 72.2 cm³/mol. The van der Waals surface area contributed by atoms with E-state index in [2.05, 4.69) is 10.5 Å². The summed E-state index contributed by atoms with van der Waals surface area (Å²) in [5.74, 6) is -0.567. The van der Waals surface area contributed by atoms with E-state index in [4.69, 9.17) is 5.73 Å². The fourth-order valence-corrected chi connectivity index (χ4v) is 1.99. The van der Waals surface area contributed by atoms with Gasteiger partial charge in [0.05, 0.1) is 11.4 Å². The Balaban J connectivity index is 2.43. The Morgan fingerprint density at radius 2 is 2.11 bits per heavy atom. The van der Waals surface area contributed by atoms with Crippen LogP contribution in [-0.4, -0.2) is 15.9 Å². The molecule has 0 spiro atoms. The third-order valence-electron chi connectivity index (χ3n) is 2.94. The van der Waals surface area contributed by atoms with Crippen LogP contribution in [-0.2, 0) is 5.72 Å². The first-order valence-electron chi connectivity index (χ1n) is 5.89. The number of aliphatic hydroxyl groups is 1. The molecule has 5 nitrogen and oxygen atoms in total. The standard InChI is InChI=1S/C13H17FN4O/c1-8-7-9(2)17-18(16-8)13(3,19)10-5-4-6-11(14)12(10)15/h4-7,16,19H,15H2,1-3H3. The van der Waals surface area contributed by atoms with Gasteiger partial charge in [-0.3, -0.25) is 5.43 Å². The van der Waals surface area contributed by atoms with Crippen molar-refractivity contribution >= 4 is 11.4 Å². The molecule has 1 aliphatic heterocycles. The summed E-state index contributed by atoms with van der Waals surface area (Å²) in [5, 5.41) is 16.1. The van der Waals surface area contributed by atoms with Crippen molar-refractivity contribution in [2.75, 3.05) is 5.73 Å². The van der Waals surface area contributed by atoms with E-state index in [0.717, 1.165) is 11.4 Å². The minimum Gasteiger partial charge on any atom is -0.396 e. The van der Waals surface area contributed by atoms with Gasteiger partial charge in [-0.15, -0.1) is 0 Å². The van der Waals surface area contributed by atoms with E-state index in [-0.39, 0.29) is 11.3 Å². The molecule has 19 heavy (non-hydrogen) atoms. The van der Waals surface area contributed by atoms with E-state index in [1.54, 1.807) is 6.07 Å². The van der Waals surface area contributed by atoms with Crippen molar-refractivity contribution in [2.45, 2.75) is 26.5 Å². The van der Waals surface area contributed by atoms with Crippen LogP contribution in [0.15, 0.2) is 35.1 Å². The monoisotopic (exact) mass is 264 g/mol. The van der Waals surface area contributed by atoms with Crippen LogP contribution < -0.4 is 11.2 Å². The van der Waals surface area contributed by atoms with E-state index in [1.807, 2.05) is 19.9 Å². The highest BCUT2D eigenvalue weighted by Crippen LogP contribution is 2.31. The molecule has 1 aromatic rings. The van der Waals surface area contributed by atoms with E-state index in [0.29, 0.717) is 0 Å². The van der Waals surface area contributed by atoms with Crippen molar-refractivity contribution in [1.82, 2.24) is 10.5 Å². The quantitative estimate of drug-likeness (QED) is 0.710. The maximum absolute atomic E-state index is 13.5. The highest BCUT2D eigenvalue weighted by molar-refractivity contribution is 5.93. The molecule has 1 atom stereocenters. The lowest BCUT2D eigenvalue weighted by atomic mass is 10.0. The number of hydrazone groups is 1. The largest absolute Gasteiger partial charge is 0.396 e. The van der Waals surface area contributed by atoms with Gasteiger partial charge in [-0.1, -0.05) is 12.1 Å². The molecule has 0 aliphatic carbocycles. The van der Waals surface area contributed by atoms with Crippen LogP contribution >= 0.6 is 0 Å². The number of halogens is 1. The predicted octanol–water partition coefficient (Wildman–Crippen LogP) is 1.67. The van der Waals surface area contributed by atoms with Gasteiger partial charge in [0.1, 0.15) is 5.82 Å². The number of para-hydroxylation sites is 1. The zero-order chi connectivity index (χ0) is 14.2. The Morgan fingerprint density at radius 3 is 2.74 bits per heavy atom. The molecule has 0 amide bonds. The molecule has 4 N–H and O–H groups in total. The Kier molecular flexibility index (Phi) is 3.20. The molecule has 1 aliphatic rings. The first kappa shape index (κ1) is 13.4. The SMILES string of the molecule is CC1=CC(C)=NN(C(C)(O)c2cccc(F)c2N)N1. The molecule has 0 radical (unpaired) electrons. The maximum atomic E-state index is 13.5.